The van der Waals surface area contributed by atoms with Crippen molar-refractivity contribution in [2.45, 2.75) is 0 Å². The number of fused-ring (bicyclic) bond motifs is 1. The van der Waals surface area contributed by atoms with Crippen molar-refractivity contribution in [3.05, 3.63) is 116 Å². The van der Waals surface area contributed by atoms with Crippen LogP contribution >= 0.6 is 43.5 Å². The average Bonchev–Trinajstić information content (AvgIpc) is 3.33. The van der Waals surface area contributed by atoms with E-state index in [0.29, 0.717) is 22.0 Å². The van der Waals surface area contributed by atoms with Crippen molar-refractivity contribution in [1.82, 2.24) is 10.4 Å². The molecule has 0 unspecified atom stereocenters. The van der Waals surface area contributed by atoms with Gasteiger partial charge in [0.1, 0.15) is 22.8 Å². The van der Waals surface area contributed by atoms with Gasteiger partial charge in [0, 0.05) is 36.0 Å². The molecule has 0 spiro atoms. The number of methoxy groups -OCH3 is 1. The summed E-state index contributed by atoms with van der Waals surface area (Å²) in [5.74, 6) is -0.529. The van der Waals surface area contributed by atoms with Crippen molar-refractivity contribution < 1.29 is 19.1 Å². The summed E-state index contributed by atoms with van der Waals surface area (Å²) in [6, 6.07) is 25.1. The average molecular weight is 682 g/mol. The van der Waals surface area contributed by atoms with Crippen LogP contribution in [0.2, 0.25) is 5.02 Å². The lowest BCUT2D eigenvalue weighted by Crippen LogP contribution is -2.19. The summed E-state index contributed by atoms with van der Waals surface area (Å²) in [7, 11) is 1.45. The quantitative estimate of drug-likeness (QED) is 0.0788. The number of amides is 1. The molecular formula is C30H20Br2ClN3O4. The number of H-pyrrole nitrogens is 1. The highest BCUT2D eigenvalue weighted by atomic mass is 79.9. The number of halogens is 3. The van der Waals surface area contributed by atoms with E-state index in [4.69, 9.17) is 21.1 Å². The molecule has 0 atom stereocenters. The van der Waals surface area contributed by atoms with Crippen molar-refractivity contribution >= 4 is 72.5 Å². The van der Waals surface area contributed by atoms with Gasteiger partial charge in [-0.3, -0.25) is 4.79 Å². The molecule has 0 aliphatic heterocycles. The smallest absolute Gasteiger partial charge is 0.347 e. The molecule has 10 heteroatoms. The first-order valence-electron chi connectivity index (χ1n) is 11.9. The minimum absolute atomic E-state index is 0.174. The van der Waals surface area contributed by atoms with E-state index in [1.807, 2.05) is 48.5 Å². The highest BCUT2D eigenvalue weighted by Gasteiger charge is 2.20. The molecule has 1 aromatic heterocycles. The largest absolute Gasteiger partial charge is 0.496 e. The molecule has 0 fully saturated rings. The summed E-state index contributed by atoms with van der Waals surface area (Å²) in [5, 5.41) is 5.42. The van der Waals surface area contributed by atoms with E-state index in [2.05, 4.69) is 47.4 Å². The zero-order valence-electron chi connectivity index (χ0n) is 20.9. The first-order chi connectivity index (χ1) is 19.3. The molecule has 1 heterocycles. The summed E-state index contributed by atoms with van der Waals surface area (Å²) in [6.45, 7) is 0. The Balaban J connectivity index is 1.42. The van der Waals surface area contributed by atoms with Gasteiger partial charge < -0.3 is 14.5 Å². The summed E-state index contributed by atoms with van der Waals surface area (Å²) in [4.78, 5) is 29.5. The number of rotatable bonds is 7. The molecule has 0 saturated heterocycles. The molecule has 200 valence electrons. The van der Waals surface area contributed by atoms with Crippen LogP contribution < -0.4 is 14.9 Å². The summed E-state index contributed by atoms with van der Waals surface area (Å²) in [5.41, 5.74) is 6.04. The Morgan fingerprint density at radius 1 is 0.925 bits per heavy atom. The summed E-state index contributed by atoms with van der Waals surface area (Å²) >= 11 is 13.0. The standard InChI is InChI=1S/C30H20Br2ClN3O4/c1-39-26-12-9-21(33)15-23(26)30(38)40-25-11-8-19(31)13-18(25)16-34-36-29(37)28-27(17-5-3-2-4-6-17)22-14-20(32)7-10-24(22)35-28/h2-16,35H,1H3,(H,36,37). The molecule has 4 aromatic carbocycles. The second kappa shape index (κ2) is 12.1. The number of hydrogen-bond acceptors (Lipinski definition) is 5. The number of carbonyl (C=O) groups excluding carboxylic acids is 2. The van der Waals surface area contributed by atoms with Gasteiger partial charge in [-0.2, -0.15) is 5.10 Å². The number of nitrogens with one attached hydrogen (secondary N) is 2. The topological polar surface area (TPSA) is 92.8 Å². The van der Waals surface area contributed by atoms with Crippen molar-refractivity contribution in [2.75, 3.05) is 7.11 Å². The van der Waals surface area contributed by atoms with E-state index in [1.165, 1.54) is 19.4 Å². The number of hydrazone groups is 1. The molecule has 2 N–H and O–H groups in total. The molecule has 0 saturated carbocycles. The van der Waals surface area contributed by atoms with E-state index in [-0.39, 0.29) is 11.3 Å². The lowest BCUT2D eigenvalue weighted by Gasteiger charge is -2.11. The Morgan fingerprint density at radius 2 is 1.65 bits per heavy atom. The van der Waals surface area contributed by atoms with Gasteiger partial charge in [-0.25, -0.2) is 10.2 Å². The maximum Gasteiger partial charge on any atom is 0.347 e. The van der Waals surface area contributed by atoms with Crippen LogP contribution in [-0.2, 0) is 0 Å². The molecule has 0 aliphatic carbocycles. The van der Waals surface area contributed by atoms with Gasteiger partial charge >= 0.3 is 5.97 Å². The van der Waals surface area contributed by atoms with Crippen molar-refractivity contribution in [2.24, 2.45) is 5.10 Å². The van der Waals surface area contributed by atoms with E-state index in [9.17, 15) is 9.59 Å². The predicted octanol–water partition coefficient (Wildman–Crippen LogP) is 8.01. The normalized spacial score (nSPS) is 11.1. The van der Waals surface area contributed by atoms with Crippen molar-refractivity contribution in [3.8, 4) is 22.6 Å². The Bertz CT molecular complexity index is 1770. The molecule has 1 amide bonds. The molecule has 0 radical (unpaired) electrons. The van der Waals surface area contributed by atoms with Gasteiger partial charge in [0.15, 0.2) is 0 Å². The molecule has 5 rings (SSSR count). The van der Waals surface area contributed by atoms with Crippen LogP contribution in [0, 0.1) is 0 Å². The maximum atomic E-state index is 13.3. The van der Waals surface area contributed by atoms with E-state index >= 15 is 0 Å². The molecule has 40 heavy (non-hydrogen) atoms. The molecule has 0 bridgehead atoms. The van der Waals surface area contributed by atoms with Crippen LogP contribution in [0.25, 0.3) is 22.0 Å². The van der Waals surface area contributed by atoms with Gasteiger partial charge in [-0.15, -0.1) is 0 Å². The highest BCUT2D eigenvalue weighted by molar-refractivity contribution is 9.10. The number of aromatic nitrogens is 1. The second-order valence-corrected chi connectivity index (χ2v) is 10.8. The van der Waals surface area contributed by atoms with Crippen LogP contribution in [0.1, 0.15) is 26.4 Å². The van der Waals surface area contributed by atoms with Crippen molar-refractivity contribution in [3.63, 3.8) is 0 Å². The fraction of sp³-hybridized carbons (Fsp3) is 0.0333. The number of carbonyl (C=O) groups is 2. The number of esters is 1. The van der Waals surface area contributed by atoms with Crippen molar-refractivity contribution in [1.29, 1.82) is 0 Å². The second-order valence-electron chi connectivity index (χ2n) is 8.55. The first kappa shape index (κ1) is 27.6. The molecule has 7 nitrogen and oxygen atoms in total. The Hall–Kier alpha value is -3.92. The van der Waals surface area contributed by atoms with Gasteiger partial charge in [-0.05, 0) is 60.2 Å². The fourth-order valence-corrected chi connectivity index (χ4v) is 5.08. The third-order valence-corrected chi connectivity index (χ3v) is 7.20. The van der Waals surface area contributed by atoms with Crippen LogP contribution in [0.4, 0.5) is 0 Å². The lowest BCUT2D eigenvalue weighted by molar-refractivity contribution is 0.0730. The van der Waals surface area contributed by atoms with Gasteiger partial charge in [-0.1, -0.05) is 73.8 Å². The molecular weight excluding hydrogens is 662 g/mol. The third-order valence-electron chi connectivity index (χ3n) is 5.98. The maximum absolute atomic E-state index is 13.3. The van der Waals surface area contributed by atoms with Crippen LogP contribution in [0.3, 0.4) is 0 Å². The number of benzene rings is 4. The van der Waals surface area contributed by atoms with E-state index in [1.54, 1.807) is 30.3 Å². The number of aromatic amines is 1. The highest BCUT2D eigenvalue weighted by Crippen LogP contribution is 2.34. The van der Waals surface area contributed by atoms with E-state index in [0.717, 1.165) is 31.0 Å². The SMILES string of the molecule is COc1ccc(Cl)cc1C(=O)Oc1ccc(Br)cc1C=NNC(=O)c1[nH]c2ccc(Br)cc2c1-c1ccccc1. The monoisotopic (exact) mass is 679 g/mol. The van der Waals surface area contributed by atoms with E-state index < -0.39 is 11.9 Å². The zero-order valence-corrected chi connectivity index (χ0v) is 24.8. The number of ether oxygens (including phenoxy) is 2. The Kier molecular flexibility index (Phi) is 8.35. The molecule has 5 aromatic rings. The Morgan fingerprint density at radius 3 is 2.42 bits per heavy atom. The summed E-state index contributed by atoms with van der Waals surface area (Å²) in [6.07, 6.45) is 1.40. The third kappa shape index (κ3) is 5.96. The lowest BCUT2D eigenvalue weighted by atomic mass is 10.0. The fourth-order valence-electron chi connectivity index (χ4n) is 4.16. The van der Waals surface area contributed by atoms with Crippen LogP contribution in [0.15, 0.2) is 99.0 Å². The minimum atomic E-state index is -0.655. The number of hydrogen-bond donors (Lipinski definition) is 2. The Labute approximate surface area is 251 Å². The predicted molar refractivity (Wildman–Crippen MR) is 164 cm³/mol. The van der Waals surface area contributed by atoms with Crippen LogP contribution in [-0.4, -0.2) is 30.2 Å². The first-order valence-corrected chi connectivity index (χ1v) is 13.9. The van der Waals surface area contributed by atoms with Gasteiger partial charge in [0.25, 0.3) is 5.91 Å². The molecule has 0 aliphatic rings. The zero-order chi connectivity index (χ0) is 28.2. The number of nitrogens with zero attached hydrogens (tertiary/aromatic N) is 1. The minimum Gasteiger partial charge on any atom is -0.496 e. The van der Waals surface area contributed by atoms with Gasteiger partial charge in [0.05, 0.1) is 13.3 Å². The van der Waals surface area contributed by atoms with Crippen LogP contribution in [0.5, 0.6) is 11.5 Å². The van der Waals surface area contributed by atoms with Gasteiger partial charge in [0.2, 0.25) is 0 Å². The summed E-state index contributed by atoms with van der Waals surface area (Å²) < 4.78 is 12.5.